The number of aromatic amines is 1. The molecule has 2 heterocycles. The molecule has 1 aromatic heterocycles. The highest BCUT2D eigenvalue weighted by Crippen LogP contribution is 2.12. The molecule has 0 radical (unpaired) electrons. The van der Waals surface area contributed by atoms with E-state index < -0.39 is 0 Å². The van der Waals surface area contributed by atoms with Crippen LogP contribution in [0.15, 0.2) is 11.3 Å². The van der Waals surface area contributed by atoms with Gasteiger partial charge >= 0.3 is 0 Å². The van der Waals surface area contributed by atoms with E-state index in [2.05, 4.69) is 25.5 Å². The second-order valence-electron chi connectivity index (χ2n) is 3.49. The Balaban J connectivity index is 2.25. The van der Waals surface area contributed by atoms with Gasteiger partial charge < -0.3 is 5.32 Å². The number of hydrogen-bond donors (Lipinski definition) is 2. The largest absolute Gasteiger partial charge is 0.306 e. The van der Waals surface area contributed by atoms with Gasteiger partial charge in [0, 0.05) is 0 Å². The molecule has 6 nitrogen and oxygen atoms in total. The predicted molar refractivity (Wildman–Crippen MR) is 49.7 cm³/mol. The molecule has 2 rings (SSSR count). The van der Waals surface area contributed by atoms with Gasteiger partial charge in [-0.05, 0) is 5.92 Å². The zero-order valence-corrected chi connectivity index (χ0v) is 7.98. The molecule has 0 aromatic carbocycles. The SMILES string of the molecule is CC(C)C1N=C(c2ncn[nH]2)NC1=O. The van der Waals surface area contributed by atoms with Crippen molar-refractivity contribution in [2.24, 2.45) is 10.9 Å². The van der Waals surface area contributed by atoms with Gasteiger partial charge in [0.1, 0.15) is 12.4 Å². The Kier molecular flexibility index (Phi) is 2.03. The number of carbonyl (C=O) groups excluding carboxylic acids is 1. The van der Waals surface area contributed by atoms with Crippen LogP contribution in [-0.4, -0.2) is 33.0 Å². The Morgan fingerprint density at radius 3 is 2.79 bits per heavy atom. The summed E-state index contributed by atoms with van der Waals surface area (Å²) in [6.45, 7) is 3.91. The molecule has 6 heteroatoms. The van der Waals surface area contributed by atoms with Crippen molar-refractivity contribution in [2.45, 2.75) is 19.9 Å². The number of H-pyrrole nitrogens is 1. The summed E-state index contributed by atoms with van der Waals surface area (Å²) in [5.74, 6) is 1.09. The fourth-order valence-electron chi connectivity index (χ4n) is 1.31. The van der Waals surface area contributed by atoms with Crippen LogP contribution in [0, 0.1) is 5.92 Å². The summed E-state index contributed by atoms with van der Waals surface area (Å²) >= 11 is 0. The zero-order chi connectivity index (χ0) is 10.1. The second-order valence-corrected chi connectivity index (χ2v) is 3.49. The van der Waals surface area contributed by atoms with E-state index in [-0.39, 0.29) is 17.9 Å². The highest BCUT2D eigenvalue weighted by Gasteiger charge is 2.30. The quantitative estimate of drug-likeness (QED) is 0.676. The fourth-order valence-corrected chi connectivity index (χ4v) is 1.31. The number of rotatable bonds is 2. The Hall–Kier alpha value is -1.72. The number of amidine groups is 1. The average molecular weight is 193 g/mol. The standard InChI is InChI=1S/C8H11N5O/c1-4(2)5-8(14)12-7(11-5)6-9-3-10-13-6/h3-5H,1-2H3,(H,9,10,13)(H,11,12,14). The fraction of sp³-hybridized carbons (Fsp3) is 0.500. The van der Waals surface area contributed by atoms with Gasteiger partial charge in [0.25, 0.3) is 5.91 Å². The third-order valence-corrected chi connectivity index (χ3v) is 2.05. The van der Waals surface area contributed by atoms with Crippen LogP contribution in [0.1, 0.15) is 19.7 Å². The minimum atomic E-state index is -0.310. The zero-order valence-electron chi connectivity index (χ0n) is 7.98. The van der Waals surface area contributed by atoms with Crippen molar-refractivity contribution in [2.75, 3.05) is 0 Å². The molecular formula is C8H11N5O. The molecule has 0 aliphatic carbocycles. The van der Waals surface area contributed by atoms with Gasteiger partial charge in [-0.2, -0.15) is 5.10 Å². The van der Waals surface area contributed by atoms with Crippen molar-refractivity contribution in [1.29, 1.82) is 0 Å². The lowest BCUT2D eigenvalue weighted by atomic mass is 10.1. The van der Waals surface area contributed by atoms with Crippen LogP contribution in [0.5, 0.6) is 0 Å². The van der Waals surface area contributed by atoms with E-state index >= 15 is 0 Å². The predicted octanol–water partition coefficient (Wildman–Crippen LogP) is -0.294. The van der Waals surface area contributed by atoms with E-state index in [1.165, 1.54) is 6.33 Å². The van der Waals surface area contributed by atoms with E-state index in [4.69, 9.17) is 0 Å². The lowest BCUT2D eigenvalue weighted by molar-refractivity contribution is -0.120. The maximum Gasteiger partial charge on any atom is 0.250 e. The first-order valence-electron chi connectivity index (χ1n) is 4.43. The van der Waals surface area contributed by atoms with Crippen molar-refractivity contribution < 1.29 is 4.79 Å². The van der Waals surface area contributed by atoms with E-state index in [1.54, 1.807) is 0 Å². The van der Waals surface area contributed by atoms with E-state index in [9.17, 15) is 4.79 Å². The van der Waals surface area contributed by atoms with Gasteiger partial charge in [-0.25, -0.2) is 4.98 Å². The van der Waals surface area contributed by atoms with Gasteiger partial charge in [0.15, 0.2) is 11.7 Å². The van der Waals surface area contributed by atoms with Crippen molar-refractivity contribution >= 4 is 11.7 Å². The van der Waals surface area contributed by atoms with E-state index in [0.717, 1.165) is 0 Å². The van der Waals surface area contributed by atoms with Crippen LogP contribution < -0.4 is 5.32 Å². The van der Waals surface area contributed by atoms with Crippen LogP contribution in [0.25, 0.3) is 0 Å². The maximum atomic E-state index is 11.4. The Morgan fingerprint density at radius 1 is 1.50 bits per heavy atom. The summed E-state index contributed by atoms with van der Waals surface area (Å²) in [7, 11) is 0. The van der Waals surface area contributed by atoms with Crippen molar-refractivity contribution in [3.05, 3.63) is 12.2 Å². The molecule has 74 valence electrons. The molecule has 0 spiro atoms. The van der Waals surface area contributed by atoms with Crippen LogP contribution in [0.4, 0.5) is 0 Å². The normalized spacial score (nSPS) is 21.2. The van der Waals surface area contributed by atoms with Gasteiger partial charge in [0.05, 0.1) is 0 Å². The van der Waals surface area contributed by atoms with Gasteiger partial charge in [-0.15, -0.1) is 0 Å². The highest BCUT2D eigenvalue weighted by atomic mass is 16.2. The maximum absolute atomic E-state index is 11.4. The molecule has 14 heavy (non-hydrogen) atoms. The monoisotopic (exact) mass is 193 g/mol. The van der Waals surface area contributed by atoms with Gasteiger partial charge in [-0.1, -0.05) is 13.8 Å². The molecule has 1 aliphatic rings. The number of aliphatic imine (C=N–C) groups is 1. The third kappa shape index (κ3) is 1.39. The second kappa shape index (κ2) is 3.21. The summed E-state index contributed by atoms with van der Waals surface area (Å²) in [5, 5.41) is 9.01. The minimum Gasteiger partial charge on any atom is -0.306 e. The van der Waals surface area contributed by atoms with Crippen LogP contribution in [0.2, 0.25) is 0 Å². The number of nitrogens with zero attached hydrogens (tertiary/aromatic N) is 3. The summed E-state index contributed by atoms with van der Waals surface area (Å²) in [4.78, 5) is 19.6. The van der Waals surface area contributed by atoms with Crippen LogP contribution in [0.3, 0.4) is 0 Å². The third-order valence-electron chi connectivity index (χ3n) is 2.05. The lowest BCUT2D eigenvalue weighted by Crippen LogP contribution is -2.31. The lowest BCUT2D eigenvalue weighted by Gasteiger charge is -2.06. The first kappa shape index (κ1) is 8.86. The number of aromatic nitrogens is 3. The van der Waals surface area contributed by atoms with Crippen molar-refractivity contribution in [3.8, 4) is 0 Å². The summed E-state index contributed by atoms with van der Waals surface area (Å²) in [6.07, 6.45) is 1.38. The molecule has 1 amide bonds. The number of carbonyl (C=O) groups is 1. The molecule has 1 unspecified atom stereocenters. The van der Waals surface area contributed by atoms with E-state index in [0.29, 0.717) is 11.7 Å². The molecule has 1 atom stereocenters. The van der Waals surface area contributed by atoms with Crippen molar-refractivity contribution in [1.82, 2.24) is 20.5 Å². The van der Waals surface area contributed by atoms with Crippen molar-refractivity contribution in [3.63, 3.8) is 0 Å². The minimum absolute atomic E-state index is 0.0774. The molecule has 0 saturated heterocycles. The van der Waals surface area contributed by atoms with Gasteiger partial charge in [0.2, 0.25) is 0 Å². The number of amides is 1. The smallest absolute Gasteiger partial charge is 0.250 e. The Morgan fingerprint density at radius 2 is 2.29 bits per heavy atom. The molecule has 1 aromatic rings. The molecule has 0 fully saturated rings. The Bertz CT molecular complexity index is 367. The highest BCUT2D eigenvalue weighted by molar-refractivity contribution is 6.11. The summed E-state index contributed by atoms with van der Waals surface area (Å²) < 4.78 is 0. The van der Waals surface area contributed by atoms with Crippen LogP contribution >= 0.6 is 0 Å². The first-order valence-corrected chi connectivity index (χ1v) is 4.43. The molecule has 1 aliphatic heterocycles. The summed E-state index contributed by atoms with van der Waals surface area (Å²) in [6, 6.07) is -0.310. The number of nitrogens with one attached hydrogen (secondary N) is 2. The topological polar surface area (TPSA) is 83.0 Å². The van der Waals surface area contributed by atoms with E-state index in [1.807, 2.05) is 13.8 Å². The first-order chi connectivity index (χ1) is 6.68. The molecule has 0 saturated carbocycles. The molecular weight excluding hydrogens is 182 g/mol. The molecule has 2 N–H and O–H groups in total. The Labute approximate surface area is 80.8 Å². The average Bonchev–Trinajstić information content (AvgIpc) is 2.70. The molecule has 0 bridgehead atoms. The van der Waals surface area contributed by atoms with Crippen LogP contribution in [-0.2, 0) is 4.79 Å². The van der Waals surface area contributed by atoms with Gasteiger partial charge in [-0.3, -0.25) is 14.9 Å². The number of hydrogen-bond acceptors (Lipinski definition) is 4. The summed E-state index contributed by atoms with van der Waals surface area (Å²) in [5.41, 5.74) is 0.